The summed E-state index contributed by atoms with van der Waals surface area (Å²) in [7, 11) is 0. The molecule has 6 rings (SSSR count). The standard InChI is InChI=1S/C35H45N5O2S/c1-25-33(43-24-37-25)23-39(28-13-7-3-8-14-28)34(41)20-19-32(26-11-5-2-6-12-26)40-22-27-21-30(17-18-31(27)38-35(40)36)42-29-15-9-4-10-16-29/h4,9-10,15-18,21,24,26,28,32H,2-3,5-8,11-14,19-20,22-23H2,1H3,(H2,36,38)/t32-/m0/s1. The molecule has 43 heavy (non-hydrogen) atoms. The third kappa shape index (κ3) is 7.23. The number of carbonyl (C=O) groups excluding carboxylic acids is 1. The minimum absolute atomic E-state index is 0.179. The van der Waals surface area contributed by atoms with Crippen molar-refractivity contribution in [2.45, 2.75) is 109 Å². The van der Waals surface area contributed by atoms with Gasteiger partial charge in [0.25, 0.3) is 0 Å². The first-order valence-corrected chi connectivity index (χ1v) is 17.1. The monoisotopic (exact) mass is 599 g/mol. The maximum atomic E-state index is 14.1. The van der Waals surface area contributed by atoms with Crippen molar-refractivity contribution < 1.29 is 9.53 Å². The van der Waals surface area contributed by atoms with Crippen molar-refractivity contribution in [3.8, 4) is 11.5 Å². The molecule has 2 N–H and O–H groups in total. The molecule has 1 aromatic heterocycles. The summed E-state index contributed by atoms with van der Waals surface area (Å²) in [4.78, 5) is 29.1. The van der Waals surface area contributed by atoms with Crippen LogP contribution in [-0.2, 0) is 17.9 Å². The molecular formula is C35H45N5O2S. The van der Waals surface area contributed by atoms with Crippen molar-refractivity contribution >= 4 is 28.9 Å². The van der Waals surface area contributed by atoms with Crippen molar-refractivity contribution in [2.24, 2.45) is 16.6 Å². The average molecular weight is 600 g/mol. The van der Waals surface area contributed by atoms with E-state index in [9.17, 15) is 4.79 Å². The lowest BCUT2D eigenvalue weighted by Gasteiger charge is -2.42. The van der Waals surface area contributed by atoms with Crippen LogP contribution in [0.2, 0.25) is 0 Å². The number of aryl methyl sites for hydroxylation is 1. The van der Waals surface area contributed by atoms with Crippen molar-refractivity contribution in [3.05, 3.63) is 70.2 Å². The number of nitrogens with two attached hydrogens (primary N) is 1. The van der Waals surface area contributed by atoms with E-state index < -0.39 is 0 Å². The van der Waals surface area contributed by atoms with Crippen LogP contribution in [0.3, 0.4) is 0 Å². The highest BCUT2D eigenvalue weighted by atomic mass is 32.1. The number of para-hydroxylation sites is 1. The number of thiazole rings is 1. The average Bonchev–Trinajstić information content (AvgIpc) is 3.45. The van der Waals surface area contributed by atoms with E-state index in [1.807, 2.05) is 48.0 Å². The summed E-state index contributed by atoms with van der Waals surface area (Å²) in [5.41, 5.74) is 11.7. The molecule has 2 aromatic carbocycles. The van der Waals surface area contributed by atoms with Gasteiger partial charge < -0.3 is 20.3 Å². The van der Waals surface area contributed by atoms with Gasteiger partial charge in [-0.15, -0.1) is 11.3 Å². The number of fused-ring (bicyclic) bond motifs is 1. The molecule has 0 radical (unpaired) electrons. The van der Waals surface area contributed by atoms with E-state index in [4.69, 9.17) is 15.5 Å². The van der Waals surface area contributed by atoms with Gasteiger partial charge in [-0.2, -0.15) is 0 Å². The maximum absolute atomic E-state index is 14.1. The third-order valence-electron chi connectivity index (χ3n) is 9.64. The smallest absolute Gasteiger partial charge is 0.223 e. The van der Waals surface area contributed by atoms with Gasteiger partial charge in [-0.05, 0) is 75.3 Å². The van der Waals surface area contributed by atoms with Crippen molar-refractivity contribution in [1.29, 1.82) is 0 Å². The first kappa shape index (κ1) is 29.7. The zero-order chi connectivity index (χ0) is 29.6. The second-order valence-corrected chi connectivity index (χ2v) is 13.4. The molecule has 1 amide bonds. The van der Waals surface area contributed by atoms with Gasteiger partial charge in [-0.3, -0.25) is 4.79 Å². The van der Waals surface area contributed by atoms with E-state index >= 15 is 0 Å². The molecule has 3 aromatic rings. The lowest BCUT2D eigenvalue weighted by Crippen LogP contribution is -2.50. The second kappa shape index (κ2) is 13.9. The van der Waals surface area contributed by atoms with E-state index in [1.165, 1.54) is 56.2 Å². The summed E-state index contributed by atoms with van der Waals surface area (Å²) in [6.45, 7) is 3.42. The minimum Gasteiger partial charge on any atom is -0.457 e. The molecule has 2 saturated carbocycles. The van der Waals surface area contributed by atoms with Gasteiger partial charge in [-0.25, -0.2) is 9.98 Å². The van der Waals surface area contributed by atoms with Crippen molar-refractivity contribution in [1.82, 2.24) is 14.8 Å². The molecule has 1 aliphatic heterocycles. The molecule has 2 heterocycles. The molecule has 0 saturated heterocycles. The Labute approximate surface area is 260 Å². The van der Waals surface area contributed by atoms with Crippen LogP contribution in [0.1, 0.15) is 93.2 Å². The van der Waals surface area contributed by atoms with Crippen LogP contribution >= 0.6 is 11.3 Å². The summed E-state index contributed by atoms with van der Waals surface area (Å²) in [6.07, 6.45) is 13.3. The zero-order valence-electron chi connectivity index (χ0n) is 25.4. The highest BCUT2D eigenvalue weighted by Gasteiger charge is 2.34. The number of aromatic nitrogens is 1. The molecule has 0 spiro atoms. The van der Waals surface area contributed by atoms with Gasteiger partial charge >= 0.3 is 0 Å². The summed E-state index contributed by atoms with van der Waals surface area (Å²) < 4.78 is 6.15. The van der Waals surface area contributed by atoms with Gasteiger partial charge in [0.05, 0.1) is 23.4 Å². The minimum atomic E-state index is 0.179. The van der Waals surface area contributed by atoms with Crippen LogP contribution in [0.5, 0.6) is 11.5 Å². The number of hydrogen-bond acceptors (Lipinski definition) is 7. The Balaban J connectivity index is 1.20. The number of ether oxygens (including phenoxy) is 1. The molecule has 3 aliphatic rings. The third-order valence-corrected chi connectivity index (χ3v) is 10.6. The van der Waals surface area contributed by atoms with Crippen LogP contribution < -0.4 is 10.5 Å². The predicted octanol–water partition coefficient (Wildman–Crippen LogP) is 8.10. The summed E-state index contributed by atoms with van der Waals surface area (Å²) >= 11 is 1.67. The van der Waals surface area contributed by atoms with E-state index in [1.54, 1.807) is 11.3 Å². The first-order valence-electron chi connectivity index (χ1n) is 16.2. The fourth-order valence-electron chi connectivity index (χ4n) is 7.25. The van der Waals surface area contributed by atoms with Crippen molar-refractivity contribution in [3.63, 3.8) is 0 Å². The normalized spacial score (nSPS) is 18.5. The number of rotatable bonds is 10. The molecule has 2 fully saturated rings. The molecule has 2 aliphatic carbocycles. The molecular weight excluding hydrogens is 554 g/mol. The van der Waals surface area contributed by atoms with Gasteiger partial charge in [-0.1, -0.05) is 56.7 Å². The Morgan fingerprint density at radius 1 is 1.02 bits per heavy atom. The topological polar surface area (TPSA) is 84.0 Å². The number of nitrogens with zero attached hydrogens (tertiary/aromatic N) is 4. The summed E-state index contributed by atoms with van der Waals surface area (Å²) in [6, 6.07) is 16.4. The predicted molar refractivity (Wildman–Crippen MR) is 174 cm³/mol. The largest absolute Gasteiger partial charge is 0.457 e. The fourth-order valence-corrected chi connectivity index (χ4v) is 8.03. The molecule has 0 unspecified atom stereocenters. The molecule has 1 atom stereocenters. The van der Waals surface area contributed by atoms with E-state index in [0.29, 0.717) is 37.4 Å². The number of amides is 1. The number of benzene rings is 2. The molecule has 228 valence electrons. The van der Waals surface area contributed by atoms with Crippen LogP contribution in [-0.4, -0.2) is 38.7 Å². The zero-order valence-corrected chi connectivity index (χ0v) is 26.2. The van der Waals surface area contributed by atoms with Crippen LogP contribution in [0.4, 0.5) is 5.69 Å². The van der Waals surface area contributed by atoms with Crippen LogP contribution in [0.25, 0.3) is 0 Å². The van der Waals surface area contributed by atoms with Crippen LogP contribution in [0, 0.1) is 12.8 Å². The van der Waals surface area contributed by atoms with Gasteiger partial charge in [0, 0.05) is 35.5 Å². The number of hydrogen-bond donors (Lipinski definition) is 1. The Morgan fingerprint density at radius 2 is 1.77 bits per heavy atom. The Morgan fingerprint density at radius 3 is 2.49 bits per heavy atom. The second-order valence-electron chi connectivity index (χ2n) is 12.5. The molecule has 0 bridgehead atoms. The summed E-state index contributed by atoms with van der Waals surface area (Å²) in [5, 5.41) is 0. The molecule has 8 heteroatoms. The molecule has 7 nitrogen and oxygen atoms in total. The van der Waals surface area contributed by atoms with Gasteiger partial charge in [0.15, 0.2) is 5.96 Å². The fraction of sp³-hybridized carbons (Fsp3) is 0.514. The van der Waals surface area contributed by atoms with Crippen molar-refractivity contribution in [2.75, 3.05) is 0 Å². The van der Waals surface area contributed by atoms with Gasteiger partial charge in [0.2, 0.25) is 5.91 Å². The Bertz CT molecular complexity index is 1390. The number of carbonyl (C=O) groups is 1. The first-order chi connectivity index (χ1) is 21.0. The van der Waals surface area contributed by atoms with Crippen LogP contribution in [0.15, 0.2) is 59.0 Å². The highest BCUT2D eigenvalue weighted by molar-refractivity contribution is 7.09. The number of aliphatic imine (C=N–C) groups is 1. The quantitative estimate of drug-likeness (QED) is 0.255. The Kier molecular flexibility index (Phi) is 9.61. The summed E-state index contributed by atoms with van der Waals surface area (Å²) in [5.74, 6) is 2.95. The van der Waals surface area contributed by atoms with E-state index in [2.05, 4.69) is 27.8 Å². The lowest BCUT2D eigenvalue weighted by molar-refractivity contribution is -0.135. The highest BCUT2D eigenvalue weighted by Crippen LogP contribution is 2.37. The SMILES string of the molecule is Cc1ncsc1CN(C(=O)CC[C@@H](C1CCCCC1)N1Cc2cc(Oc3ccccc3)ccc2N=C1N)C1CCCCC1. The number of guanidine groups is 1. The Hall–Kier alpha value is -3.39. The van der Waals surface area contributed by atoms with Gasteiger partial charge in [0.1, 0.15) is 11.5 Å². The maximum Gasteiger partial charge on any atom is 0.223 e. The van der Waals surface area contributed by atoms with E-state index in [-0.39, 0.29) is 11.9 Å². The lowest BCUT2D eigenvalue weighted by atomic mass is 9.81. The van der Waals surface area contributed by atoms with E-state index in [0.717, 1.165) is 47.7 Å².